The van der Waals surface area contributed by atoms with Crippen LogP contribution in [0.15, 0.2) is 22.7 Å². The number of methoxy groups -OCH3 is 1. The van der Waals surface area contributed by atoms with Crippen LogP contribution in [0.5, 0.6) is 5.75 Å². The molecule has 0 saturated carbocycles. The highest BCUT2D eigenvalue weighted by atomic mass is 79.9. The number of rotatable bonds is 7. The molecule has 0 aliphatic rings. The van der Waals surface area contributed by atoms with Crippen molar-refractivity contribution in [2.24, 2.45) is 0 Å². The van der Waals surface area contributed by atoms with Gasteiger partial charge in [0.05, 0.1) is 17.1 Å². The lowest BCUT2D eigenvalue weighted by Crippen LogP contribution is -2.22. The van der Waals surface area contributed by atoms with Gasteiger partial charge in [-0.2, -0.15) is 0 Å². The van der Waals surface area contributed by atoms with E-state index in [1.807, 2.05) is 0 Å². The fourth-order valence-corrected chi connectivity index (χ4v) is 2.66. The first-order chi connectivity index (χ1) is 9.33. The van der Waals surface area contributed by atoms with Crippen molar-refractivity contribution in [1.82, 2.24) is 0 Å². The smallest absolute Gasteiger partial charge is 0.337 e. The zero-order chi connectivity index (χ0) is 15.2. The maximum absolute atomic E-state index is 11.4. The summed E-state index contributed by atoms with van der Waals surface area (Å²) in [6, 6.07) is 6.16. The van der Waals surface area contributed by atoms with Gasteiger partial charge in [-0.25, -0.2) is 4.79 Å². The number of benzene rings is 1. The van der Waals surface area contributed by atoms with Crippen molar-refractivity contribution in [3.05, 3.63) is 28.2 Å². The molecule has 0 radical (unpaired) electrons. The molecule has 0 spiro atoms. The molecule has 0 fully saturated rings. The van der Waals surface area contributed by atoms with Crippen LogP contribution in [0, 0.1) is 0 Å². The van der Waals surface area contributed by atoms with Gasteiger partial charge in [-0.05, 0) is 40.2 Å². The predicted molar refractivity (Wildman–Crippen MR) is 85.1 cm³/mol. The van der Waals surface area contributed by atoms with Gasteiger partial charge >= 0.3 is 5.97 Å². The molecule has 1 aromatic rings. The Morgan fingerprint density at radius 2 is 2.00 bits per heavy atom. The number of esters is 1. The quantitative estimate of drug-likeness (QED) is 0.320. The molecule has 0 unspecified atom stereocenters. The Balaban J connectivity index is 2.43. The van der Waals surface area contributed by atoms with Crippen molar-refractivity contribution < 1.29 is 19.0 Å². The van der Waals surface area contributed by atoms with E-state index < -0.39 is 8.07 Å². The van der Waals surface area contributed by atoms with Crippen LogP contribution in [-0.4, -0.2) is 34.6 Å². The minimum absolute atomic E-state index is 0.209. The van der Waals surface area contributed by atoms with E-state index in [0.717, 1.165) is 6.04 Å². The molecule has 0 amide bonds. The monoisotopic (exact) mass is 360 g/mol. The summed E-state index contributed by atoms with van der Waals surface area (Å²) in [5.41, 5.74) is 0.478. The first-order valence-corrected chi connectivity index (χ1v) is 10.9. The molecule has 0 saturated heterocycles. The highest BCUT2D eigenvalue weighted by Crippen LogP contribution is 2.26. The second kappa shape index (κ2) is 7.80. The third-order valence-electron chi connectivity index (χ3n) is 2.65. The lowest BCUT2D eigenvalue weighted by Gasteiger charge is -2.15. The van der Waals surface area contributed by atoms with Gasteiger partial charge in [0.1, 0.15) is 5.75 Å². The minimum atomic E-state index is -1.06. The topological polar surface area (TPSA) is 44.8 Å². The van der Waals surface area contributed by atoms with E-state index in [1.165, 1.54) is 7.11 Å². The Bertz CT molecular complexity index is 457. The van der Waals surface area contributed by atoms with Gasteiger partial charge in [0.25, 0.3) is 0 Å². The lowest BCUT2D eigenvalue weighted by molar-refractivity contribution is 0.0216. The number of carbonyl (C=O) groups is 1. The molecule has 0 atom stereocenters. The van der Waals surface area contributed by atoms with Gasteiger partial charge in [0, 0.05) is 14.7 Å². The maximum atomic E-state index is 11.4. The summed E-state index contributed by atoms with van der Waals surface area (Å²) < 4.78 is 16.3. The van der Waals surface area contributed by atoms with E-state index in [4.69, 9.17) is 9.47 Å². The van der Waals surface area contributed by atoms with Gasteiger partial charge in [-0.1, -0.05) is 19.6 Å². The summed E-state index contributed by atoms with van der Waals surface area (Å²) in [7, 11) is 0.291. The van der Waals surface area contributed by atoms with Crippen molar-refractivity contribution in [3.8, 4) is 5.75 Å². The molecule has 4 nitrogen and oxygen atoms in total. The first-order valence-electron chi connectivity index (χ1n) is 6.42. The molecular weight excluding hydrogens is 340 g/mol. The zero-order valence-electron chi connectivity index (χ0n) is 12.4. The van der Waals surface area contributed by atoms with E-state index >= 15 is 0 Å². The number of hydrogen-bond donors (Lipinski definition) is 0. The Morgan fingerprint density at radius 1 is 1.30 bits per heavy atom. The third-order valence-corrected chi connectivity index (χ3v) is 4.97. The minimum Gasteiger partial charge on any atom is -0.466 e. The lowest BCUT2D eigenvalue weighted by atomic mass is 10.2. The molecule has 1 aromatic carbocycles. The normalized spacial score (nSPS) is 11.2. The van der Waals surface area contributed by atoms with Crippen LogP contribution >= 0.6 is 15.9 Å². The number of hydrogen-bond acceptors (Lipinski definition) is 4. The molecule has 0 aliphatic carbocycles. The molecule has 6 heteroatoms. The SMILES string of the molecule is COC(=O)c1ccc(OCOCC[Si](C)(C)C)c(Br)c1. The highest BCUT2D eigenvalue weighted by molar-refractivity contribution is 9.10. The van der Waals surface area contributed by atoms with Gasteiger partial charge in [0.2, 0.25) is 0 Å². The molecule has 0 N–H and O–H groups in total. The van der Waals surface area contributed by atoms with Gasteiger partial charge in [0.15, 0.2) is 6.79 Å². The summed E-state index contributed by atoms with van der Waals surface area (Å²) in [6.07, 6.45) is 0. The molecule has 0 bridgehead atoms. The number of halogens is 1. The Morgan fingerprint density at radius 3 is 2.55 bits per heavy atom. The van der Waals surface area contributed by atoms with E-state index in [0.29, 0.717) is 22.4 Å². The molecule has 0 aromatic heterocycles. The Labute approximate surface area is 129 Å². The van der Waals surface area contributed by atoms with Crippen LogP contribution in [0.3, 0.4) is 0 Å². The second-order valence-corrected chi connectivity index (χ2v) is 12.1. The highest BCUT2D eigenvalue weighted by Gasteiger charge is 2.12. The summed E-state index contributed by atoms with van der Waals surface area (Å²) in [5, 5.41) is 0. The van der Waals surface area contributed by atoms with E-state index in [9.17, 15) is 4.79 Å². The molecule has 20 heavy (non-hydrogen) atoms. The second-order valence-electron chi connectivity index (χ2n) is 5.62. The van der Waals surface area contributed by atoms with Gasteiger partial charge in [-0.15, -0.1) is 0 Å². The Kier molecular flexibility index (Phi) is 6.71. The van der Waals surface area contributed by atoms with Crippen molar-refractivity contribution in [3.63, 3.8) is 0 Å². The molecule has 112 valence electrons. The summed E-state index contributed by atoms with van der Waals surface area (Å²) >= 11 is 3.36. The molecule has 0 aliphatic heterocycles. The van der Waals surface area contributed by atoms with Crippen molar-refractivity contribution in [1.29, 1.82) is 0 Å². The first kappa shape index (κ1) is 17.2. The average Bonchev–Trinajstić information content (AvgIpc) is 2.37. The van der Waals surface area contributed by atoms with Crippen LogP contribution in [0.1, 0.15) is 10.4 Å². The largest absolute Gasteiger partial charge is 0.466 e. The van der Waals surface area contributed by atoms with Gasteiger partial charge < -0.3 is 14.2 Å². The van der Waals surface area contributed by atoms with E-state index in [1.54, 1.807) is 18.2 Å². The van der Waals surface area contributed by atoms with E-state index in [-0.39, 0.29) is 12.8 Å². The molecular formula is C14H21BrO4Si. The van der Waals surface area contributed by atoms with Crippen LogP contribution in [0.25, 0.3) is 0 Å². The van der Waals surface area contributed by atoms with Crippen molar-refractivity contribution in [2.45, 2.75) is 25.7 Å². The summed E-state index contributed by atoms with van der Waals surface area (Å²) in [4.78, 5) is 11.4. The van der Waals surface area contributed by atoms with Crippen LogP contribution < -0.4 is 4.74 Å². The third kappa shape index (κ3) is 6.07. The van der Waals surface area contributed by atoms with E-state index in [2.05, 4.69) is 40.3 Å². The molecule has 0 heterocycles. The number of carbonyl (C=O) groups excluding carboxylic acids is 1. The fraction of sp³-hybridized carbons (Fsp3) is 0.500. The number of ether oxygens (including phenoxy) is 3. The van der Waals surface area contributed by atoms with Crippen molar-refractivity contribution in [2.75, 3.05) is 20.5 Å². The van der Waals surface area contributed by atoms with Crippen molar-refractivity contribution >= 4 is 30.0 Å². The Hall–Kier alpha value is -0.853. The molecule has 1 rings (SSSR count). The van der Waals surface area contributed by atoms with Crippen LogP contribution in [0.4, 0.5) is 0 Å². The predicted octanol–water partition coefficient (Wildman–Crippen LogP) is 3.93. The summed E-state index contributed by atoms with van der Waals surface area (Å²) in [6.45, 7) is 7.84. The van der Waals surface area contributed by atoms with Crippen LogP contribution in [0.2, 0.25) is 25.7 Å². The zero-order valence-corrected chi connectivity index (χ0v) is 15.0. The fourth-order valence-electron chi connectivity index (χ4n) is 1.41. The summed E-state index contributed by atoms with van der Waals surface area (Å²) in [5.74, 6) is 0.272. The average molecular weight is 361 g/mol. The van der Waals surface area contributed by atoms with Gasteiger partial charge in [-0.3, -0.25) is 0 Å². The van der Waals surface area contributed by atoms with Crippen LogP contribution in [-0.2, 0) is 9.47 Å². The standard InChI is InChI=1S/C14H21BrO4Si/c1-17-14(16)11-5-6-13(12(15)9-11)19-10-18-7-8-20(2,3)4/h5-6,9H,7-8,10H2,1-4H3. The maximum Gasteiger partial charge on any atom is 0.337 e.